The number of nitrogens with zero attached hydrogens (tertiary/aromatic N) is 2. The summed E-state index contributed by atoms with van der Waals surface area (Å²) in [5.41, 5.74) is 1.55. The van der Waals surface area contributed by atoms with Gasteiger partial charge in [0.2, 0.25) is 0 Å². The molecule has 0 aliphatic rings. The van der Waals surface area contributed by atoms with Crippen LogP contribution in [0.5, 0.6) is 0 Å². The van der Waals surface area contributed by atoms with E-state index in [0.717, 1.165) is 10.5 Å². The molecule has 4 rings (SSSR count). The molecule has 0 aliphatic heterocycles. The molecule has 4 nitrogen and oxygen atoms in total. The molecule has 0 N–H and O–H groups in total. The summed E-state index contributed by atoms with van der Waals surface area (Å²) >= 11 is 6.86. The normalized spacial score (nSPS) is 10.8. The van der Waals surface area contributed by atoms with Crippen molar-refractivity contribution < 1.29 is 8.91 Å². The topological polar surface area (TPSA) is 48.0 Å². The summed E-state index contributed by atoms with van der Waals surface area (Å²) in [6, 6.07) is 18.8. The zero-order chi connectivity index (χ0) is 19.5. The van der Waals surface area contributed by atoms with Crippen LogP contribution in [0.2, 0.25) is 0 Å². The van der Waals surface area contributed by atoms with Crippen LogP contribution in [0.15, 0.2) is 93.3 Å². The molecule has 7 heteroatoms. The molecule has 0 radical (unpaired) electrons. The summed E-state index contributed by atoms with van der Waals surface area (Å²) in [4.78, 5) is 17.7. The van der Waals surface area contributed by atoms with Gasteiger partial charge in [0.15, 0.2) is 4.32 Å². The number of thioether (sulfide) groups is 1. The second-order valence-electron chi connectivity index (χ2n) is 5.82. The molecule has 0 saturated heterocycles. The minimum atomic E-state index is -0.547. The van der Waals surface area contributed by atoms with Crippen molar-refractivity contribution in [3.63, 3.8) is 0 Å². The third-order valence-electron chi connectivity index (χ3n) is 4.02. The van der Waals surface area contributed by atoms with Crippen molar-refractivity contribution in [3.8, 4) is 22.4 Å². The number of benzene rings is 2. The zero-order valence-corrected chi connectivity index (χ0v) is 16.0. The molecule has 28 heavy (non-hydrogen) atoms. The number of halogens is 1. The van der Waals surface area contributed by atoms with Gasteiger partial charge in [-0.3, -0.25) is 4.98 Å². The predicted molar refractivity (Wildman–Crippen MR) is 112 cm³/mol. The quantitative estimate of drug-likeness (QED) is 0.343. The van der Waals surface area contributed by atoms with Gasteiger partial charge >= 0.3 is 5.63 Å². The Hall–Kier alpha value is -3.03. The Labute approximate surface area is 169 Å². The van der Waals surface area contributed by atoms with Crippen LogP contribution in [0.4, 0.5) is 4.39 Å². The monoisotopic (exact) mass is 408 g/mol. The first kappa shape index (κ1) is 18.3. The molecular formula is C21H13FN2O2S2. The average molecular weight is 408 g/mol. The third-order valence-corrected chi connectivity index (χ3v) is 5.28. The molecule has 138 valence electrons. The van der Waals surface area contributed by atoms with Gasteiger partial charge in [-0.05, 0) is 54.2 Å². The smallest absolute Gasteiger partial charge is 0.329 e. The first-order valence-electron chi connectivity index (χ1n) is 8.33. The third kappa shape index (κ3) is 3.67. The fourth-order valence-electron chi connectivity index (χ4n) is 2.77. The Kier molecular flexibility index (Phi) is 5.18. The molecule has 0 bridgehead atoms. The average Bonchev–Trinajstić information content (AvgIpc) is 3.07. The molecule has 0 saturated carbocycles. The summed E-state index contributed by atoms with van der Waals surface area (Å²) in [6.07, 6.45) is 3.25. The lowest BCUT2D eigenvalue weighted by Crippen LogP contribution is -2.06. The van der Waals surface area contributed by atoms with Gasteiger partial charge in [-0.2, -0.15) is 4.74 Å². The lowest BCUT2D eigenvalue weighted by atomic mass is 10.0. The van der Waals surface area contributed by atoms with Gasteiger partial charge in [-0.15, -0.1) is 0 Å². The maximum atomic E-state index is 13.4. The molecule has 0 amide bonds. The Morgan fingerprint density at radius 3 is 2.32 bits per heavy atom. The van der Waals surface area contributed by atoms with Crippen LogP contribution in [-0.4, -0.2) is 14.0 Å². The highest BCUT2D eigenvalue weighted by Gasteiger charge is 2.23. The molecule has 0 aliphatic carbocycles. The van der Waals surface area contributed by atoms with E-state index in [1.807, 2.05) is 30.3 Å². The largest absolute Gasteiger partial charge is 0.366 e. The first-order chi connectivity index (χ1) is 13.6. The summed E-state index contributed by atoms with van der Waals surface area (Å²) in [7, 11) is 0. The van der Waals surface area contributed by atoms with E-state index in [1.165, 1.54) is 28.6 Å². The Bertz CT molecular complexity index is 1170. The van der Waals surface area contributed by atoms with Crippen molar-refractivity contribution in [2.45, 2.75) is 4.90 Å². The summed E-state index contributed by atoms with van der Waals surface area (Å²) in [5.74, 6) is -0.381. The number of aromatic nitrogens is 2. The van der Waals surface area contributed by atoms with Crippen molar-refractivity contribution in [1.29, 1.82) is 0 Å². The lowest BCUT2D eigenvalue weighted by molar-refractivity contribution is 0.349. The molecule has 2 aromatic carbocycles. The minimum absolute atomic E-state index is 0.321. The summed E-state index contributed by atoms with van der Waals surface area (Å²) < 4.78 is 20.6. The number of hydrogen-bond acceptors (Lipinski definition) is 5. The maximum absolute atomic E-state index is 13.4. The maximum Gasteiger partial charge on any atom is 0.366 e. The number of thiocarbonyl (C=S) groups is 1. The van der Waals surface area contributed by atoms with Crippen LogP contribution in [0, 0.1) is 5.82 Å². The van der Waals surface area contributed by atoms with E-state index in [9.17, 15) is 9.18 Å². The number of pyridine rings is 1. The van der Waals surface area contributed by atoms with Crippen LogP contribution >= 0.6 is 24.0 Å². The van der Waals surface area contributed by atoms with E-state index >= 15 is 0 Å². The highest BCUT2D eigenvalue weighted by atomic mass is 32.2. The van der Waals surface area contributed by atoms with Crippen LogP contribution in [0.1, 0.15) is 0 Å². The SMILES string of the molecule is O=c1on(C(=S)Sc2ccccc2)c(-c2ccncc2)c1-c1ccc(F)cc1. The van der Waals surface area contributed by atoms with Crippen molar-refractivity contribution in [2.75, 3.05) is 0 Å². The van der Waals surface area contributed by atoms with Crippen LogP contribution in [0.3, 0.4) is 0 Å². The Morgan fingerprint density at radius 1 is 0.964 bits per heavy atom. The van der Waals surface area contributed by atoms with Gasteiger partial charge < -0.3 is 4.52 Å². The molecule has 0 unspecified atom stereocenters. The standard InChI is InChI=1S/C21H13FN2O2S2/c22-16-8-6-14(7-9-16)18-19(15-10-12-23-13-11-15)24(26-20(18)25)21(27)28-17-4-2-1-3-5-17/h1-13H. The minimum Gasteiger partial charge on any atom is -0.329 e. The molecule has 2 heterocycles. The Morgan fingerprint density at radius 2 is 1.64 bits per heavy atom. The highest BCUT2D eigenvalue weighted by Crippen LogP contribution is 2.32. The highest BCUT2D eigenvalue weighted by molar-refractivity contribution is 8.23. The van der Waals surface area contributed by atoms with E-state index in [-0.39, 0.29) is 5.82 Å². The second-order valence-corrected chi connectivity index (χ2v) is 7.53. The van der Waals surface area contributed by atoms with Crippen molar-refractivity contribution >= 4 is 28.3 Å². The number of hydrogen-bond donors (Lipinski definition) is 0. The van der Waals surface area contributed by atoms with Gasteiger partial charge in [0.05, 0.1) is 5.56 Å². The molecule has 2 aromatic heterocycles. The van der Waals surface area contributed by atoms with Crippen LogP contribution < -0.4 is 5.63 Å². The summed E-state index contributed by atoms with van der Waals surface area (Å²) in [6.45, 7) is 0. The van der Waals surface area contributed by atoms with Gasteiger partial charge in [0.25, 0.3) is 0 Å². The fourth-order valence-corrected chi connectivity index (χ4v) is 3.90. The van der Waals surface area contributed by atoms with E-state index in [0.29, 0.717) is 21.1 Å². The van der Waals surface area contributed by atoms with Crippen LogP contribution in [-0.2, 0) is 0 Å². The fraction of sp³-hybridized carbons (Fsp3) is 0. The van der Waals surface area contributed by atoms with Gasteiger partial charge in [0, 0.05) is 22.9 Å². The molecular weight excluding hydrogens is 395 g/mol. The van der Waals surface area contributed by atoms with E-state index in [2.05, 4.69) is 4.98 Å². The number of rotatable bonds is 3. The zero-order valence-electron chi connectivity index (χ0n) is 14.4. The molecule has 0 atom stereocenters. The van der Waals surface area contributed by atoms with Gasteiger partial charge in [0.1, 0.15) is 11.5 Å². The van der Waals surface area contributed by atoms with Crippen LogP contribution in [0.25, 0.3) is 22.4 Å². The predicted octanol–water partition coefficient (Wildman–Crippen LogP) is 5.23. The van der Waals surface area contributed by atoms with Crippen molar-refractivity contribution in [2.24, 2.45) is 0 Å². The van der Waals surface area contributed by atoms with Crippen molar-refractivity contribution in [3.05, 3.63) is 95.4 Å². The Balaban J connectivity index is 1.87. The van der Waals surface area contributed by atoms with Gasteiger partial charge in [-0.25, -0.2) is 9.18 Å². The first-order valence-corrected chi connectivity index (χ1v) is 9.56. The lowest BCUT2D eigenvalue weighted by Gasteiger charge is -2.09. The van der Waals surface area contributed by atoms with E-state index in [4.69, 9.17) is 16.7 Å². The van der Waals surface area contributed by atoms with Gasteiger partial charge in [-0.1, -0.05) is 42.1 Å². The molecule has 0 fully saturated rings. The second kappa shape index (κ2) is 7.92. The summed E-state index contributed by atoms with van der Waals surface area (Å²) in [5, 5.41) is 0. The van der Waals surface area contributed by atoms with Crippen molar-refractivity contribution in [1.82, 2.24) is 9.72 Å². The van der Waals surface area contributed by atoms with E-state index in [1.54, 1.807) is 36.7 Å². The van der Waals surface area contributed by atoms with E-state index < -0.39 is 5.63 Å². The molecule has 0 spiro atoms. The molecule has 4 aromatic rings.